The average molecular weight is 401 g/mol. The van der Waals surface area contributed by atoms with Crippen LogP contribution >= 0.6 is 11.6 Å². The fourth-order valence-electron chi connectivity index (χ4n) is 3.41. The second-order valence-electron chi connectivity index (χ2n) is 6.55. The van der Waals surface area contributed by atoms with Gasteiger partial charge in [-0.1, -0.05) is 49.9 Å². The number of halogens is 1. The molecule has 8 heteroatoms. The largest absolute Gasteiger partial charge is 0.338 e. The van der Waals surface area contributed by atoms with E-state index in [1.165, 1.54) is 0 Å². The average Bonchev–Trinajstić information content (AvgIpc) is 3.12. The molecule has 1 aromatic carbocycles. The first-order valence-corrected chi connectivity index (χ1v) is 10.4. The van der Waals surface area contributed by atoms with Gasteiger partial charge in [0.2, 0.25) is 5.91 Å². The van der Waals surface area contributed by atoms with Crippen molar-refractivity contribution in [1.82, 2.24) is 10.6 Å². The summed E-state index contributed by atoms with van der Waals surface area (Å²) in [5.41, 5.74) is 1.18. The number of carbonyl (C=O) groups excluding carboxylic acids is 2. The molecule has 144 valence electrons. The number of urea groups is 1. The SMILES string of the molecule is CCNC(=O)NC(=O)C(CC1CCCC1)c1cccc(C(Cl)S(=O)O)c1. The van der Waals surface area contributed by atoms with Gasteiger partial charge in [-0.3, -0.25) is 10.1 Å². The third-order valence-corrected chi connectivity index (χ3v) is 6.02. The van der Waals surface area contributed by atoms with Crippen LogP contribution in [0.25, 0.3) is 0 Å². The zero-order chi connectivity index (χ0) is 19.1. The molecule has 0 bridgehead atoms. The van der Waals surface area contributed by atoms with Gasteiger partial charge in [-0.2, -0.15) is 0 Å². The second kappa shape index (κ2) is 10.0. The number of nitrogens with one attached hydrogen (secondary N) is 2. The second-order valence-corrected chi connectivity index (χ2v) is 8.27. The zero-order valence-electron chi connectivity index (χ0n) is 14.7. The van der Waals surface area contributed by atoms with E-state index in [2.05, 4.69) is 10.6 Å². The molecular weight excluding hydrogens is 376 g/mol. The van der Waals surface area contributed by atoms with Crippen molar-refractivity contribution >= 4 is 34.6 Å². The van der Waals surface area contributed by atoms with Crippen molar-refractivity contribution in [2.45, 2.75) is 49.7 Å². The van der Waals surface area contributed by atoms with Crippen LogP contribution in [0.3, 0.4) is 0 Å². The summed E-state index contributed by atoms with van der Waals surface area (Å²) in [6.45, 7) is 2.21. The highest BCUT2D eigenvalue weighted by Gasteiger charge is 2.28. The molecule has 0 heterocycles. The minimum atomic E-state index is -2.21. The van der Waals surface area contributed by atoms with Crippen molar-refractivity contribution in [3.63, 3.8) is 0 Å². The quantitative estimate of drug-likeness (QED) is 0.480. The van der Waals surface area contributed by atoms with Crippen molar-refractivity contribution < 1.29 is 18.4 Å². The van der Waals surface area contributed by atoms with Gasteiger partial charge in [-0.05, 0) is 30.4 Å². The molecule has 0 spiro atoms. The monoisotopic (exact) mass is 400 g/mol. The minimum absolute atomic E-state index is 0.365. The summed E-state index contributed by atoms with van der Waals surface area (Å²) in [4.78, 5) is 24.5. The molecule has 3 unspecified atom stereocenters. The lowest BCUT2D eigenvalue weighted by atomic mass is 9.86. The van der Waals surface area contributed by atoms with Crippen molar-refractivity contribution in [2.24, 2.45) is 5.92 Å². The fraction of sp³-hybridized carbons (Fsp3) is 0.556. The lowest BCUT2D eigenvalue weighted by Gasteiger charge is -2.21. The third-order valence-electron chi connectivity index (χ3n) is 4.69. The van der Waals surface area contributed by atoms with Gasteiger partial charge >= 0.3 is 6.03 Å². The lowest BCUT2D eigenvalue weighted by molar-refractivity contribution is -0.121. The van der Waals surface area contributed by atoms with Crippen LogP contribution in [-0.4, -0.2) is 27.2 Å². The Balaban J connectivity index is 2.24. The van der Waals surface area contributed by atoms with Crippen molar-refractivity contribution in [2.75, 3.05) is 6.54 Å². The van der Waals surface area contributed by atoms with E-state index in [9.17, 15) is 18.4 Å². The first-order valence-electron chi connectivity index (χ1n) is 8.84. The van der Waals surface area contributed by atoms with Crippen LogP contribution in [0.4, 0.5) is 4.79 Å². The van der Waals surface area contributed by atoms with Gasteiger partial charge in [0, 0.05) is 6.54 Å². The maximum Gasteiger partial charge on any atom is 0.321 e. The van der Waals surface area contributed by atoms with E-state index in [0.717, 1.165) is 25.7 Å². The molecule has 1 aliphatic rings. The van der Waals surface area contributed by atoms with E-state index < -0.39 is 27.7 Å². The number of alkyl halides is 1. The van der Waals surface area contributed by atoms with Crippen LogP contribution in [0.5, 0.6) is 0 Å². The van der Waals surface area contributed by atoms with Crippen LogP contribution in [0.15, 0.2) is 24.3 Å². The topological polar surface area (TPSA) is 95.5 Å². The number of carbonyl (C=O) groups is 2. The van der Waals surface area contributed by atoms with E-state index in [0.29, 0.717) is 30.0 Å². The number of benzene rings is 1. The first-order chi connectivity index (χ1) is 12.4. The Hall–Kier alpha value is -1.44. The molecule has 6 nitrogen and oxygen atoms in total. The molecule has 1 saturated carbocycles. The molecule has 0 aromatic heterocycles. The summed E-state index contributed by atoms with van der Waals surface area (Å²) < 4.78 is 19.4. The molecule has 3 amide bonds. The Morgan fingerprint density at radius 3 is 2.58 bits per heavy atom. The van der Waals surface area contributed by atoms with Crippen molar-refractivity contribution in [3.05, 3.63) is 35.4 Å². The van der Waals surface area contributed by atoms with Gasteiger partial charge in [0.05, 0.1) is 5.92 Å². The number of hydrogen-bond acceptors (Lipinski definition) is 3. The van der Waals surface area contributed by atoms with Crippen molar-refractivity contribution in [3.8, 4) is 0 Å². The van der Waals surface area contributed by atoms with E-state index in [4.69, 9.17) is 11.6 Å². The van der Waals surface area contributed by atoms with Crippen LogP contribution in [0, 0.1) is 5.92 Å². The van der Waals surface area contributed by atoms with Gasteiger partial charge in [-0.15, -0.1) is 11.6 Å². The Bertz CT molecular complexity index is 664. The smallest absolute Gasteiger partial charge is 0.321 e. The Morgan fingerprint density at radius 1 is 1.31 bits per heavy atom. The van der Waals surface area contributed by atoms with Crippen LogP contribution < -0.4 is 10.6 Å². The number of amides is 3. The molecule has 3 N–H and O–H groups in total. The van der Waals surface area contributed by atoms with Gasteiger partial charge in [0.1, 0.15) is 0 Å². The van der Waals surface area contributed by atoms with E-state index >= 15 is 0 Å². The van der Waals surface area contributed by atoms with E-state index in [1.807, 2.05) is 0 Å². The predicted molar refractivity (Wildman–Crippen MR) is 102 cm³/mol. The molecule has 3 atom stereocenters. The highest BCUT2D eigenvalue weighted by atomic mass is 35.5. The van der Waals surface area contributed by atoms with E-state index in [1.54, 1.807) is 31.2 Å². The normalized spacial score (nSPS) is 18.1. The lowest BCUT2D eigenvalue weighted by Crippen LogP contribution is -2.42. The molecule has 1 aliphatic carbocycles. The molecule has 2 rings (SSSR count). The fourth-order valence-corrected chi connectivity index (χ4v) is 3.93. The van der Waals surface area contributed by atoms with Gasteiger partial charge in [0.15, 0.2) is 15.8 Å². The Labute approximate surface area is 161 Å². The molecule has 1 fully saturated rings. The predicted octanol–water partition coefficient (Wildman–Crippen LogP) is 3.66. The molecule has 0 radical (unpaired) electrons. The minimum Gasteiger partial charge on any atom is -0.338 e. The number of hydrogen-bond donors (Lipinski definition) is 3. The van der Waals surface area contributed by atoms with Gasteiger partial charge in [0.25, 0.3) is 0 Å². The first kappa shape index (κ1) is 20.9. The van der Waals surface area contributed by atoms with Crippen molar-refractivity contribution in [1.29, 1.82) is 0 Å². The summed E-state index contributed by atoms with van der Waals surface area (Å²) in [5.74, 6) is -0.435. The molecule has 0 aliphatic heterocycles. The maximum absolute atomic E-state index is 12.7. The zero-order valence-corrected chi connectivity index (χ0v) is 16.3. The van der Waals surface area contributed by atoms with Crippen LogP contribution in [-0.2, 0) is 15.9 Å². The summed E-state index contributed by atoms with van der Waals surface area (Å²) in [7, 11) is 0. The highest BCUT2D eigenvalue weighted by Crippen LogP contribution is 2.35. The summed E-state index contributed by atoms with van der Waals surface area (Å²) >= 11 is 3.77. The Morgan fingerprint density at radius 2 is 1.96 bits per heavy atom. The van der Waals surface area contributed by atoms with Crippen LogP contribution in [0.2, 0.25) is 0 Å². The standard InChI is InChI=1S/C18H25ClN2O4S/c1-2-20-18(23)21-17(22)15(10-12-6-3-4-7-12)13-8-5-9-14(11-13)16(19)26(24)25/h5,8-9,11-12,15-16H,2-4,6-7,10H2,1H3,(H,24,25)(H2,20,21,22,23). The van der Waals surface area contributed by atoms with Gasteiger partial charge < -0.3 is 9.87 Å². The summed E-state index contributed by atoms with van der Waals surface area (Å²) in [6, 6.07) is 6.33. The molecular formula is C18H25ClN2O4S. The van der Waals surface area contributed by atoms with E-state index in [-0.39, 0.29) is 5.91 Å². The number of imide groups is 1. The molecule has 1 aromatic rings. The molecule has 0 saturated heterocycles. The third kappa shape index (κ3) is 5.79. The number of rotatable bonds is 7. The summed E-state index contributed by atoms with van der Waals surface area (Å²) in [6.07, 6.45) is 5.10. The summed E-state index contributed by atoms with van der Waals surface area (Å²) in [5, 5.41) is 4.95. The van der Waals surface area contributed by atoms with Gasteiger partial charge in [-0.25, -0.2) is 9.00 Å². The molecule has 26 heavy (non-hydrogen) atoms. The highest BCUT2D eigenvalue weighted by molar-refractivity contribution is 7.80. The van der Waals surface area contributed by atoms with Crippen LogP contribution in [0.1, 0.15) is 60.8 Å². The Kier molecular flexibility index (Phi) is 8.06. The maximum atomic E-state index is 12.7.